The predicted molar refractivity (Wildman–Crippen MR) is 126 cm³/mol. The van der Waals surface area contributed by atoms with Gasteiger partial charge < -0.3 is 15.2 Å². The van der Waals surface area contributed by atoms with Gasteiger partial charge in [0.2, 0.25) is 5.95 Å². The Balaban J connectivity index is 1.93. The average Bonchev–Trinajstić information content (AvgIpc) is 3.13. The van der Waals surface area contributed by atoms with Crippen molar-refractivity contribution in [1.82, 2.24) is 23.7 Å². The van der Waals surface area contributed by atoms with Crippen molar-refractivity contribution in [3.05, 3.63) is 62.1 Å². The van der Waals surface area contributed by atoms with E-state index in [4.69, 9.17) is 10.7 Å². The SMILES string of the molecule is CC(C)=CCn1c(N2CCCC(N)C2)nc2c1c(=O)n(Cc1cc(C)ccn1)c(=O)n2C. The normalized spacial score (nSPS) is 16.5. The molecule has 0 bridgehead atoms. The van der Waals surface area contributed by atoms with E-state index in [1.807, 2.05) is 37.5 Å². The molecule has 4 heterocycles. The van der Waals surface area contributed by atoms with Crippen LogP contribution in [0.5, 0.6) is 0 Å². The van der Waals surface area contributed by atoms with Crippen LogP contribution < -0.4 is 21.9 Å². The van der Waals surface area contributed by atoms with Crippen molar-refractivity contribution in [2.24, 2.45) is 12.8 Å². The third-order valence-corrected chi connectivity index (χ3v) is 5.93. The van der Waals surface area contributed by atoms with Crippen molar-refractivity contribution in [3.63, 3.8) is 0 Å². The summed E-state index contributed by atoms with van der Waals surface area (Å²) < 4.78 is 4.62. The van der Waals surface area contributed by atoms with E-state index in [1.54, 1.807) is 13.2 Å². The molecule has 4 rings (SSSR count). The zero-order valence-electron chi connectivity index (χ0n) is 19.2. The topological polar surface area (TPSA) is 104 Å². The van der Waals surface area contributed by atoms with Gasteiger partial charge in [0.1, 0.15) is 0 Å². The third-order valence-electron chi connectivity index (χ3n) is 5.93. The number of fused-ring (bicyclic) bond motifs is 1. The van der Waals surface area contributed by atoms with Crippen LogP contribution in [0, 0.1) is 6.92 Å². The smallest absolute Gasteiger partial charge is 0.332 e. The molecule has 0 radical (unpaired) electrons. The van der Waals surface area contributed by atoms with Gasteiger partial charge in [-0.2, -0.15) is 4.98 Å². The Kier molecular flexibility index (Phi) is 6.01. The second-order valence-electron chi connectivity index (χ2n) is 8.88. The number of hydrogen-bond acceptors (Lipinski definition) is 6. The molecule has 0 spiro atoms. The van der Waals surface area contributed by atoms with Gasteiger partial charge in [-0.3, -0.25) is 18.9 Å². The molecule has 1 aliphatic heterocycles. The number of hydrogen-bond donors (Lipinski definition) is 1. The van der Waals surface area contributed by atoms with E-state index < -0.39 is 5.69 Å². The quantitative estimate of drug-likeness (QED) is 0.607. The number of imidazole rings is 1. The average molecular weight is 438 g/mol. The minimum atomic E-state index is -0.403. The fraction of sp³-hybridized carbons (Fsp3) is 0.478. The van der Waals surface area contributed by atoms with E-state index in [9.17, 15) is 9.59 Å². The Morgan fingerprint density at radius 1 is 1.28 bits per heavy atom. The zero-order valence-corrected chi connectivity index (χ0v) is 19.2. The Morgan fingerprint density at radius 2 is 2.06 bits per heavy atom. The van der Waals surface area contributed by atoms with Crippen LogP contribution >= 0.6 is 0 Å². The summed E-state index contributed by atoms with van der Waals surface area (Å²) in [4.78, 5) is 38.0. The van der Waals surface area contributed by atoms with Crippen LogP contribution in [0.1, 0.15) is 37.9 Å². The number of allylic oxidation sites excluding steroid dienone is 2. The number of nitrogens with zero attached hydrogens (tertiary/aromatic N) is 6. The number of piperidine rings is 1. The van der Waals surface area contributed by atoms with Crippen LogP contribution in [0.2, 0.25) is 0 Å². The highest BCUT2D eigenvalue weighted by Gasteiger charge is 2.26. The highest BCUT2D eigenvalue weighted by molar-refractivity contribution is 5.74. The monoisotopic (exact) mass is 437 g/mol. The van der Waals surface area contributed by atoms with Gasteiger partial charge in [0.15, 0.2) is 11.2 Å². The summed E-state index contributed by atoms with van der Waals surface area (Å²) in [6.45, 7) is 8.10. The van der Waals surface area contributed by atoms with Gasteiger partial charge in [-0.05, 0) is 51.3 Å². The minimum absolute atomic E-state index is 0.0633. The second-order valence-corrected chi connectivity index (χ2v) is 8.88. The van der Waals surface area contributed by atoms with E-state index in [-0.39, 0.29) is 18.1 Å². The molecular weight excluding hydrogens is 406 g/mol. The summed E-state index contributed by atoms with van der Waals surface area (Å²) in [5, 5.41) is 0. The van der Waals surface area contributed by atoms with Crippen molar-refractivity contribution < 1.29 is 0 Å². The van der Waals surface area contributed by atoms with Crippen LogP contribution in [0.4, 0.5) is 5.95 Å². The van der Waals surface area contributed by atoms with Crippen LogP contribution in [0.25, 0.3) is 11.2 Å². The maximum Gasteiger partial charge on any atom is 0.332 e. The number of aromatic nitrogens is 5. The molecule has 0 aliphatic carbocycles. The standard InChI is InChI=1S/C23H31N7O2/c1-15(2)8-11-29-19-20(26-22(29)28-10-5-6-17(24)13-28)27(4)23(32)30(21(19)31)14-18-12-16(3)7-9-25-18/h7-9,12,17H,5-6,10-11,13-14,24H2,1-4H3. The summed E-state index contributed by atoms with van der Waals surface area (Å²) in [6, 6.07) is 3.84. The molecule has 1 saturated heterocycles. The first-order valence-electron chi connectivity index (χ1n) is 11.0. The number of nitrogens with two attached hydrogens (primary N) is 1. The molecule has 32 heavy (non-hydrogen) atoms. The van der Waals surface area contributed by atoms with Crippen LogP contribution in [0.3, 0.4) is 0 Å². The molecule has 9 heteroatoms. The van der Waals surface area contributed by atoms with Crippen LogP contribution in [-0.4, -0.2) is 42.8 Å². The van der Waals surface area contributed by atoms with Gasteiger partial charge in [0.05, 0.1) is 12.2 Å². The van der Waals surface area contributed by atoms with Gasteiger partial charge in [0.25, 0.3) is 5.56 Å². The van der Waals surface area contributed by atoms with Gasteiger partial charge in [0, 0.05) is 38.9 Å². The summed E-state index contributed by atoms with van der Waals surface area (Å²) in [5.74, 6) is 0.686. The largest absolute Gasteiger partial charge is 0.341 e. The maximum atomic E-state index is 13.6. The molecule has 170 valence electrons. The molecule has 3 aromatic rings. The number of aryl methyl sites for hydroxylation is 2. The van der Waals surface area contributed by atoms with Crippen molar-refractivity contribution in [2.75, 3.05) is 18.0 Å². The molecular formula is C23H31N7O2. The summed E-state index contributed by atoms with van der Waals surface area (Å²) >= 11 is 0. The molecule has 1 atom stereocenters. The first kappa shape index (κ1) is 22.0. The van der Waals surface area contributed by atoms with Crippen LogP contribution in [0.15, 0.2) is 39.6 Å². The highest BCUT2D eigenvalue weighted by atomic mass is 16.2. The molecule has 0 saturated carbocycles. The molecule has 0 aromatic carbocycles. The van der Waals surface area contributed by atoms with Crippen LogP contribution in [-0.2, 0) is 20.1 Å². The maximum absolute atomic E-state index is 13.6. The van der Waals surface area contributed by atoms with Gasteiger partial charge in [-0.25, -0.2) is 4.79 Å². The molecule has 1 unspecified atom stereocenters. The van der Waals surface area contributed by atoms with Gasteiger partial charge in [-0.15, -0.1) is 0 Å². The molecule has 0 amide bonds. The fourth-order valence-electron chi connectivity index (χ4n) is 4.23. The van der Waals surface area contributed by atoms with Gasteiger partial charge in [-0.1, -0.05) is 11.6 Å². The number of anilines is 1. The Labute approximate surface area is 186 Å². The highest BCUT2D eigenvalue weighted by Crippen LogP contribution is 2.23. The lowest BCUT2D eigenvalue weighted by Crippen LogP contribution is -2.44. The predicted octanol–water partition coefficient (Wildman–Crippen LogP) is 1.54. The Morgan fingerprint density at radius 3 is 2.75 bits per heavy atom. The minimum Gasteiger partial charge on any atom is -0.341 e. The Hall–Kier alpha value is -3.20. The summed E-state index contributed by atoms with van der Waals surface area (Å²) in [6.07, 6.45) is 5.69. The van der Waals surface area contributed by atoms with E-state index in [0.29, 0.717) is 35.9 Å². The number of rotatable bonds is 5. The second kappa shape index (κ2) is 8.74. The number of pyridine rings is 1. The molecule has 1 aliphatic rings. The van der Waals surface area contributed by atoms with E-state index in [2.05, 4.69) is 16.0 Å². The third kappa shape index (κ3) is 4.12. The molecule has 9 nitrogen and oxygen atoms in total. The molecule has 1 fully saturated rings. The van der Waals surface area contributed by atoms with Gasteiger partial charge >= 0.3 is 5.69 Å². The van der Waals surface area contributed by atoms with Crippen molar-refractivity contribution in [1.29, 1.82) is 0 Å². The first-order chi connectivity index (χ1) is 15.3. The van der Waals surface area contributed by atoms with E-state index in [0.717, 1.165) is 30.5 Å². The van der Waals surface area contributed by atoms with Crippen molar-refractivity contribution >= 4 is 17.1 Å². The fourth-order valence-corrected chi connectivity index (χ4v) is 4.23. The van der Waals surface area contributed by atoms with E-state index in [1.165, 1.54) is 9.13 Å². The first-order valence-corrected chi connectivity index (χ1v) is 11.0. The lowest BCUT2D eigenvalue weighted by Gasteiger charge is -2.31. The summed E-state index contributed by atoms with van der Waals surface area (Å²) in [7, 11) is 1.66. The Bertz CT molecular complexity index is 1290. The lowest BCUT2D eigenvalue weighted by molar-refractivity contribution is 0.495. The zero-order chi connectivity index (χ0) is 23.0. The molecule has 3 aromatic heterocycles. The lowest BCUT2D eigenvalue weighted by atomic mass is 10.1. The molecule has 2 N–H and O–H groups in total. The van der Waals surface area contributed by atoms with Crippen molar-refractivity contribution in [3.8, 4) is 0 Å². The van der Waals surface area contributed by atoms with Crippen molar-refractivity contribution in [2.45, 2.75) is 52.7 Å². The van der Waals surface area contributed by atoms with E-state index >= 15 is 0 Å². The summed E-state index contributed by atoms with van der Waals surface area (Å²) in [5.41, 5.74) is 9.11.